The number of phenolic OH excluding ortho intramolecular Hbond substituents is 2. The fraction of sp³-hybridized carbons (Fsp3) is 0.429. The van der Waals surface area contributed by atoms with Crippen molar-refractivity contribution in [2.75, 3.05) is 6.54 Å². The third-order valence-electron chi connectivity index (χ3n) is 3.63. The first kappa shape index (κ1) is 15.1. The van der Waals surface area contributed by atoms with Crippen molar-refractivity contribution < 1.29 is 24.9 Å². The summed E-state index contributed by atoms with van der Waals surface area (Å²) in [5.74, 6) is -1.95. The Morgan fingerprint density at radius 3 is 2.67 bits per heavy atom. The lowest BCUT2D eigenvalue weighted by Crippen LogP contribution is -2.49. The average molecular weight is 294 g/mol. The predicted molar refractivity (Wildman–Crippen MR) is 73.8 cm³/mol. The lowest BCUT2D eigenvalue weighted by Gasteiger charge is -2.24. The Bertz CT molecular complexity index is 560. The summed E-state index contributed by atoms with van der Waals surface area (Å²) in [5, 5.41) is 27.7. The number of hydrogen-bond acceptors (Lipinski definition) is 5. The van der Waals surface area contributed by atoms with Crippen molar-refractivity contribution in [1.29, 1.82) is 0 Å². The number of phenols is 2. The number of nitrogens with two attached hydrogens (primary N) is 1. The SMILES string of the molecule is N[C@@H](Cc1ccc(O)c(O)c1)C(=O)N1CCC[C@H]1C(=O)O. The number of carboxylic acids is 1. The third-order valence-corrected chi connectivity index (χ3v) is 3.63. The van der Waals surface area contributed by atoms with E-state index < -0.39 is 24.0 Å². The molecule has 0 saturated carbocycles. The number of likely N-dealkylation sites (tertiary alicyclic amines) is 1. The summed E-state index contributed by atoms with van der Waals surface area (Å²) in [7, 11) is 0. The Balaban J connectivity index is 2.05. The largest absolute Gasteiger partial charge is 0.504 e. The maximum atomic E-state index is 12.2. The van der Waals surface area contributed by atoms with E-state index in [4.69, 9.17) is 10.8 Å². The molecule has 114 valence electrons. The highest BCUT2D eigenvalue weighted by atomic mass is 16.4. The van der Waals surface area contributed by atoms with Gasteiger partial charge in [-0.2, -0.15) is 0 Å². The van der Waals surface area contributed by atoms with E-state index in [1.165, 1.54) is 17.0 Å². The van der Waals surface area contributed by atoms with E-state index in [1.807, 2.05) is 0 Å². The lowest BCUT2D eigenvalue weighted by atomic mass is 10.0. The second-order valence-corrected chi connectivity index (χ2v) is 5.16. The highest BCUT2D eigenvalue weighted by molar-refractivity contribution is 5.87. The van der Waals surface area contributed by atoms with Gasteiger partial charge in [-0.25, -0.2) is 4.79 Å². The molecular formula is C14H18N2O5. The molecule has 2 rings (SSSR count). The van der Waals surface area contributed by atoms with Crippen molar-refractivity contribution in [3.63, 3.8) is 0 Å². The molecule has 1 aromatic carbocycles. The number of nitrogens with zero attached hydrogens (tertiary/aromatic N) is 1. The summed E-state index contributed by atoms with van der Waals surface area (Å²) in [5.41, 5.74) is 6.45. The van der Waals surface area contributed by atoms with Crippen molar-refractivity contribution in [2.45, 2.75) is 31.3 Å². The first-order valence-electron chi connectivity index (χ1n) is 6.70. The monoisotopic (exact) mass is 294 g/mol. The molecule has 0 radical (unpaired) electrons. The summed E-state index contributed by atoms with van der Waals surface area (Å²) in [4.78, 5) is 24.6. The minimum atomic E-state index is -1.02. The fourth-order valence-corrected chi connectivity index (χ4v) is 2.54. The van der Waals surface area contributed by atoms with Gasteiger partial charge >= 0.3 is 5.97 Å². The van der Waals surface area contributed by atoms with E-state index in [0.717, 1.165) is 0 Å². The number of hydrogen-bond donors (Lipinski definition) is 4. The number of carbonyl (C=O) groups is 2. The molecule has 0 aromatic heterocycles. The van der Waals surface area contributed by atoms with Gasteiger partial charge in [0.1, 0.15) is 6.04 Å². The normalized spacial score (nSPS) is 19.5. The maximum absolute atomic E-state index is 12.2. The van der Waals surface area contributed by atoms with Crippen LogP contribution in [0.3, 0.4) is 0 Å². The quantitative estimate of drug-likeness (QED) is 0.581. The summed E-state index contributed by atoms with van der Waals surface area (Å²) in [6, 6.07) is 2.52. The van der Waals surface area contributed by atoms with Crippen LogP contribution in [0.2, 0.25) is 0 Å². The van der Waals surface area contributed by atoms with Crippen LogP contribution in [0, 0.1) is 0 Å². The molecule has 21 heavy (non-hydrogen) atoms. The number of carbonyl (C=O) groups excluding carboxylic acids is 1. The molecule has 5 N–H and O–H groups in total. The van der Waals surface area contributed by atoms with Crippen LogP contribution in [0.5, 0.6) is 11.5 Å². The van der Waals surface area contributed by atoms with Gasteiger partial charge < -0.3 is 26.0 Å². The van der Waals surface area contributed by atoms with Crippen LogP contribution >= 0.6 is 0 Å². The molecule has 1 aliphatic rings. The molecule has 0 aliphatic carbocycles. The van der Waals surface area contributed by atoms with Gasteiger partial charge in [-0.1, -0.05) is 6.07 Å². The molecule has 1 amide bonds. The van der Waals surface area contributed by atoms with Gasteiger partial charge in [-0.15, -0.1) is 0 Å². The fourth-order valence-electron chi connectivity index (χ4n) is 2.54. The lowest BCUT2D eigenvalue weighted by molar-refractivity contribution is -0.148. The van der Waals surface area contributed by atoms with Crippen LogP contribution in [-0.4, -0.2) is 50.7 Å². The molecule has 1 aromatic rings. The van der Waals surface area contributed by atoms with E-state index >= 15 is 0 Å². The molecule has 1 saturated heterocycles. The Hall–Kier alpha value is -2.28. The summed E-state index contributed by atoms with van der Waals surface area (Å²) < 4.78 is 0. The number of rotatable bonds is 4. The molecule has 7 heteroatoms. The Labute approximate surface area is 121 Å². The Morgan fingerprint density at radius 2 is 2.05 bits per heavy atom. The number of carboxylic acid groups (broad SMARTS) is 1. The highest BCUT2D eigenvalue weighted by Crippen LogP contribution is 2.26. The third kappa shape index (κ3) is 3.25. The van der Waals surface area contributed by atoms with Gasteiger partial charge in [0.05, 0.1) is 6.04 Å². The predicted octanol–water partition coefficient (Wildman–Crippen LogP) is 0.0432. The number of aromatic hydroxyl groups is 2. The smallest absolute Gasteiger partial charge is 0.326 e. The van der Waals surface area contributed by atoms with Crippen LogP contribution in [0.25, 0.3) is 0 Å². The molecule has 2 atom stereocenters. The van der Waals surface area contributed by atoms with E-state index in [9.17, 15) is 19.8 Å². The van der Waals surface area contributed by atoms with Gasteiger partial charge in [-0.3, -0.25) is 4.79 Å². The van der Waals surface area contributed by atoms with Gasteiger partial charge in [0.2, 0.25) is 5.91 Å². The van der Waals surface area contributed by atoms with Crippen LogP contribution < -0.4 is 5.73 Å². The highest BCUT2D eigenvalue weighted by Gasteiger charge is 2.35. The second kappa shape index (κ2) is 6.01. The van der Waals surface area contributed by atoms with Gasteiger partial charge in [-0.05, 0) is 37.0 Å². The maximum Gasteiger partial charge on any atom is 0.326 e. The second-order valence-electron chi connectivity index (χ2n) is 5.16. The topological polar surface area (TPSA) is 124 Å². The van der Waals surface area contributed by atoms with Crippen LogP contribution in [0.4, 0.5) is 0 Å². The van der Waals surface area contributed by atoms with E-state index in [2.05, 4.69) is 0 Å². The molecular weight excluding hydrogens is 276 g/mol. The number of aliphatic carboxylic acids is 1. The van der Waals surface area contributed by atoms with Crippen molar-refractivity contribution in [3.05, 3.63) is 23.8 Å². The first-order chi connectivity index (χ1) is 9.90. The standard InChI is InChI=1S/C14H18N2O5/c15-9(6-8-3-4-11(17)12(18)7-8)13(19)16-5-1-2-10(16)14(20)21/h3-4,7,9-10,17-18H,1-2,5-6,15H2,(H,20,21)/t9-,10-/m0/s1. The van der Waals surface area contributed by atoms with Crippen LogP contribution in [0.1, 0.15) is 18.4 Å². The zero-order valence-corrected chi connectivity index (χ0v) is 11.4. The molecule has 1 fully saturated rings. The van der Waals surface area contributed by atoms with Gasteiger partial charge in [0, 0.05) is 6.54 Å². The molecule has 1 aliphatic heterocycles. The Kier molecular flexibility index (Phi) is 4.32. The first-order valence-corrected chi connectivity index (χ1v) is 6.70. The molecule has 1 heterocycles. The summed E-state index contributed by atoms with van der Waals surface area (Å²) in [6.07, 6.45) is 1.25. The van der Waals surface area contributed by atoms with Crippen molar-refractivity contribution >= 4 is 11.9 Å². The minimum absolute atomic E-state index is 0.162. The molecule has 0 bridgehead atoms. The minimum Gasteiger partial charge on any atom is -0.504 e. The summed E-state index contributed by atoms with van der Waals surface area (Å²) >= 11 is 0. The van der Waals surface area contributed by atoms with Crippen molar-refractivity contribution in [2.24, 2.45) is 5.73 Å². The van der Waals surface area contributed by atoms with Gasteiger partial charge in [0.15, 0.2) is 11.5 Å². The van der Waals surface area contributed by atoms with Crippen LogP contribution in [0.15, 0.2) is 18.2 Å². The van der Waals surface area contributed by atoms with Crippen LogP contribution in [-0.2, 0) is 16.0 Å². The summed E-state index contributed by atoms with van der Waals surface area (Å²) in [6.45, 7) is 0.393. The molecule has 7 nitrogen and oxygen atoms in total. The Morgan fingerprint density at radius 1 is 1.33 bits per heavy atom. The van der Waals surface area contributed by atoms with E-state index in [-0.39, 0.29) is 17.9 Å². The average Bonchev–Trinajstić information content (AvgIpc) is 2.91. The van der Waals surface area contributed by atoms with Crippen molar-refractivity contribution in [3.8, 4) is 11.5 Å². The van der Waals surface area contributed by atoms with E-state index in [0.29, 0.717) is 24.9 Å². The van der Waals surface area contributed by atoms with Crippen molar-refractivity contribution in [1.82, 2.24) is 4.90 Å². The molecule has 0 spiro atoms. The van der Waals surface area contributed by atoms with Gasteiger partial charge in [0.25, 0.3) is 0 Å². The zero-order chi connectivity index (χ0) is 15.6. The number of benzene rings is 1. The molecule has 0 unspecified atom stereocenters. The van der Waals surface area contributed by atoms with E-state index in [1.54, 1.807) is 6.07 Å². The number of amides is 1. The zero-order valence-electron chi connectivity index (χ0n) is 11.4.